The molecule has 0 saturated heterocycles. The molecule has 1 amide bonds. The highest BCUT2D eigenvalue weighted by Crippen LogP contribution is 2.27. The van der Waals surface area contributed by atoms with Crippen LogP contribution in [0.15, 0.2) is 36.4 Å². The van der Waals surface area contributed by atoms with Crippen molar-refractivity contribution in [1.82, 2.24) is 0 Å². The quantitative estimate of drug-likeness (QED) is 0.867. The van der Waals surface area contributed by atoms with E-state index in [-0.39, 0.29) is 5.91 Å². The molecule has 6 heteroatoms. The Hall–Kier alpha value is -2.34. The van der Waals surface area contributed by atoms with Gasteiger partial charge in [-0.15, -0.1) is 0 Å². The predicted molar refractivity (Wildman–Crippen MR) is 107 cm³/mol. The Kier molecular flexibility index (Phi) is 5.76. The smallest absolute Gasteiger partial charge is 0.248 e. The molecule has 2 aromatic rings. The molecule has 0 fully saturated rings. The van der Waals surface area contributed by atoms with Crippen LogP contribution >= 0.6 is 0 Å². The molecule has 0 heterocycles. The molecule has 2 rings (SSSR count). The van der Waals surface area contributed by atoms with Gasteiger partial charge in [0.2, 0.25) is 15.9 Å². The lowest BCUT2D eigenvalue weighted by Gasteiger charge is -2.30. The number of carbonyl (C=O) groups is 1. The molecule has 0 aliphatic carbocycles. The van der Waals surface area contributed by atoms with Gasteiger partial charge in [-0.2, -0.15) is 0 Å². The first kappa shape index (κ1) is 20.0. The molecule has 0 saturated carbocycles. The standard InChI is InChI=1S/C20H26N2O3S/c1-13-7-9-15(3)18(11-13)21-20(23)17(5)22(26(6,24)25)19-12-14(2)8-10-16(19)4/h7-12,17H,1-6H3,(H,21,23)/t17-/m1/s1. The van der Waals surface area contributed by atoms with Gasteiger partial charge in [-0.3, -0.25) is 9.10 Å². The number of benzene rings is 2. The fraction of sp³-hybridized carbons (Fsp3) is 0.350. The summed E-state index contributed by atoms with van der Waals surface area (Å²) in [6.45, 7) is 9.17. The predicted octanol–water partition coefficient (Wildman–Crippen LogP) is 3.71. The van der Waals surface area contributed by atoms with Crippen molar-refractivity contribution in [2.75, 3.05) is 15.9 Å². The summed E-state index contributed by atoms with van der Waals surface area (Å²) >= 11 is 0. The van der Waals surface area contributed by atoms with Crippen LogP contribution in [0.1, 0.15) is 29.2 Å². The molecule has 0 aliphatic rings. The Balaban J connectivity index is 2.41. The SMILES string of the molecule is Cc1ccc(C)c(NC(=O)[C@@H](C)N(c2cc(C)ccc2C)S(C)(=O)=O)c1. The Morgan fingerprint density at radius 2 is 1.50 bits per heavy atom. The van der Waals surface area contributed by atoms with E-state index >= 15 is 0 Å². The maximum absolute atomic E-state index is 12.8. The zero-order chi connectivity index (χ0) is 19.6. The summed E-state index contributed by atoms with van der Waals surface area (Å²) in [6.07, 6.45) is 1.12. The first-order valence-corrected chi connectivity index (χ1v) is 10.3. The molecule has 0 aromatic heterocycles. The number of hydrogen-bond acceptors (Lipinski definition) is 3. The van der Waals surface area contributed by atoms with E-state index in [2.05, 4.69) is 5.32 Å². The highest BCUT2D eigenvalue weighted by atomic mass is 32.2. The molecule has 140 valence electrons. The molecule has 0 unspecified atom stereocenters. The maximum atomic E-state index is 12.8. The molecule has 0 aliphatic heterocycles. The van der Waals surface area contributed by atoms with E-state index in [4.69, 9.17) is 0 Å². The fourth-order valence-electron chi connectivity index (χ4n) is 2.85. The topological polar surface area (TPSA) is 66.5 Å². The second-order valence-corrected chi connectivity index (χ2v) is 8.69. The van der Waals surface area contributed by atoms with Gasteiger partial charge in [-0.1, -0.05) is 24.3 Å². The summed E-state index contributed by atoms with van der Waals surface area (Å²) in [5, 5.41) is 2.86. The van der Waals surface area contributed by atoms with Crippen molar-refractivity contribution in [3.63, 3.8) is 0 Å². The summed E-state index contributed by atoms with van der Waals surface area (Å²) in [5.41, 5.74) is 4.89. The van der Waals surface area contributed by atoms with Crippen LogP contribution in [0.3, 0.4) is 0 Å². The minimum absolute atomic E-state index is 0.370. The zero-order valence-corrected chi connectivity index (χ0v) is 16.9. The van der Waals surface area contributed by atoms with Gasteiger partial charge in [-0.05, 0) is 69.0 Å². The molecule has 1 N–H and O–H groups in total. The van der Waals surface area contributed by atoms with Crippen LogP contribution in [0.25, 0.3) is 0 Å². The first-order valence-electron chi connectivity index (χ1n) is 8.45. The van der Waals surface area contributed by atoms with Crippen molar-refractivity contribution >= 4 is 27.3 Å². The largest absolute Gasteiger partial charge is 0.324 e. The number of sulfonamides is 1. The van der Waals surface area contributed by atoms with Crippen LogP contribution in [0.2, 0.25) is 0 Å². The van der Waals surface area contributed by atoms with Gasteiger partial charge in [0.15, 0.2) is 0 Å². The number of nitrogens with zero attached hydrogens (tertiary/aromatic N) is 1. The van der Waals surface area contributed by atoms with Crippen LogP contribution in [0, 0.1) is 27.7 Å². The van der Waals surface area contributed by atoms with Gasteiger partial charge >= 0.3 is 0 Å². The zero-order valence-electron chi connectivity index (χ0n) is 16.1. The summed E-state index contributed by atoms with van der Waals surface area (Å²) < 4.78 is 26.1. The average molecular weight is 375 g/mol. The van der Waals surface area contributed by atoms with E-state index in [1.807, 2.05) is 58.0 Å². The Morgan fingerprint density at radius 3 is 2.08 bits per heavy atom. The maximum Gasteiger partial charge on any atom is 0.248 e. The molecule has 2 aromatic carbocycles. The normalized spacial score (nSPS) is 12.5. The van der Waals surface area contributed by atoms with Crippen LogP contribution in [-0.4, -0.2) is 26.6 Å². The van der Waals surface area contributed by atoms with Gasteiger partial charge in [-0.25, -0.2) is 8.42 Å². The minimum Gasteiger partial charge on any atom is -0.324 e. The number of aryl methyl sites for hydroxylation is 4. The second-order valence-electron chi connectivity index (χ2n) is 6.83. The number of rotatable bonds is 5. The van der Waals surface area contributed by atoms with E-state index in [1.54, 1.807) is 13.0 Å². The van der Waals surface area contributed by atoms with Crippen molar-refractivity contribution in [3.05, 3.63) is 58.7 Å². The van der Waals surface area contributed by atoms with Gasteiger partial charge in [0, 0.05) is 5.69 Å². The average Bonchev–Trinajstić information content (AvgIpc) is 2.53. The van der Waals surface area contributed by atoms with E-state index < -0.39 is 16.1 Å². The summed E-state index contributed by atoms with van der Waals surface area (Å²) in [4.78, 5) is 12.8. The van der Waals surface area contributed by atoms with Crippen LogP contribution in [0.5, 0.6) is 0 Å². The first-order chi connectivity index (χ1) is 12.0. The van der Waals surface area contributed by atoms with Gasteiger partial charge < -0.3 is 5.32 Å². The lowest BCUT2D eigenvalue weighted by molar-refractivity contribution is -0.116. The van der Waals surface area contributed by atoms with Crippen LogP contribution in [-0.2, 0) is 14.8 Å². The summed E-state index contributed by atoms with van der Waals surface area (Å²) in [5.74, 6) is -0.370. The Morgan fingerprint density at radius 1 is 0.962 bits per heavy atom. The monoisotopic (exact) mass is 374 g/mol. The summed E-state index contributed by atoms with van der Waals surface area (Å²) in [6, 6.07) is 10.5. The number of amides is 1. The molecule has 26 heavy (non-hydrogen) atoms. The molecule has 0 bridgehead atoms. The Labute approximate surface area is 156 Å². The lowest BCUT2D eigenvalue weighted by atomic mass is 10.1. The molecule has 1 atom stereocenters. The van der Waals surface area contributed by atoms with Gasteiger partial charge in [0.05, 0.1) is 11.9 Å². The molecule has 0 radical (unpaired) electrons. The van der Waals surface area contributed by atoms with Crippen molar-refractivity contribution in [2.24, 2.45) is 0 Å². The highest BCUT2D eigenvalue weighted by Gasteiger charge is 2.30. The number of nitrogens with one attached hydrogen (secondary N) is 1. The number of hydrogen-bond donors (Lipinski definition) is 1. The van der Waals surface area contributed by atoms with Crippen molar-refractivity contribution in [1.29, 1.82) is 0 Å². The molecular weight excluding hydrogens is 348 g/mol. The Bertz CT molecular complexity index is 936. The fourth-order valence-corrected chi connectivity index (χ4v) is 4.07. The number of carbonyl (C=O) groups excluding carboxylic acids is 1. The highest BCUT2D eigenvalue weighted by molar-refractivity contribution is 7.92. The van der Waals surface area contributed by atoms with Gasteiger partial charge in [0.25, 0.3) is 0 Å². The van der Waals surface area contributed by atoms with E-state index in [0.717, 1.165) is 28.5 Å². The molecule has 5 nitrogen and oxygen atoms in total. The van der Waals surface area contributed by atoms with Crippen molar-refractivity contribution in [3.8, 4) is 0 Å². The third kappa shape index (κ3) is 4.43. The van der Waals surface area contributed by atoms with Crippen molar-refractivity contribution < 1.29 is 13.2 Å². The van der Waals surface area contributed by atoms with E-state index in [0.29, 0.717) is 11.4 Å². The minimum atomic E-state index is -3.64. The second kappa shape index (κ2) is 7.50. The molecular formula is C20H26N2O3S. The number of anilines is 2. The van der Waals surface area contributed by atoms with Crippen LogP contribution < -0.4 is 9.62 Å². The van der Waals surface area contributed by atoms with E-state index in [9.17, 15) is 13.2 Å². The lowest BCUT2D eigenvalue weighted by Crippen LogP contribution is -2.45. The van der Waals surface area contributed by atoms with E-state index in [1.165, 1.54) is 4.31 Å². The third-order valence-electron chi connectivity index (χ3n) is 4.34. The van der Waals surface area contributed by atoms with Crippen LogP contribution in [0.4, 0.5) is 11.4 Å². The van der Waals surface area contributed by atoms with Gasteiger partial charge in [0.1, 0.15) is 6.04 Å². The third-order valence-corrected chi connectivity index (χ3v) is 5.57. The van der Waals surface area contributed by atoms with Crippen molar-refractivity contribution in [2.45, 2.75) is 40.7 Å². The molecule has 0 spiro atoms. The summed E-state index contributed by atoms with van der Waals surface area (Å²) in [7, 11) is -3.64.